The molecule has 1 amide bonds. The topological polar surface area (TPSA) is 78.4 Å². The third kappa shape index (κ3) is 4.63. The highest BCUT2D eigenvalue weighted by molar-refractivity contribution is 5.95. The van der Waals surface area contributed by atoms with Gasteiger partial charge in [-0.05, 0) is 48.9 Å². The van der Waals surface area contributed by atoms with Gasteiger partial charge in [0, 0.05) is 5.56 Å². The highest BCUT2D eigenvalue weighted by Crippen LogP contribution is 2.32. The number of hydrogen-bond donors (Lipinski definition) is 1. The Morgan fingerprint density at radius 2 is 2.04 bits per heavy atom. The number of carbonyl (C=O) groups is 1. The number of halogens is 2. The van der Waals surface area contributed by atoms with Crippen LogP contribution in [0.3, 0.4) is 0 Å². The van der Waals surface area contributed by atoms with Crippen molar-refractivity contribution in [2.75, 3.05) is 13.4 Å². The summed E-state index contributed by atoms with van der Waals surface area (Å²) in [5.74, 6) is 0.705. The van der Waals surface area contributed by atoms with Crippen molar-refractivity contribution in [3.63, 3.8) is 0 Å². The van der Waals surface area contributed by atoms with Gasteiger partial charge in [0.2, 0.25) is 6.79 Å². The first-order valence-corrected chi connectivity index (χ1v) is 8.01. The molecular formula is C18H16F2N2O5. The molecule has 0 saturated carbocycles. The smallest absolute Gasteiger partial charge is 0.387 e. The summed E-state index contributed by atoms with van der Waals surface area (Å²) in [4.78, 5) is 12.1. The van der Waals surface area contributed by atoms with Gasteiger partial charge in [0.25, 0.3) is 5.91 Å². The average Bonchev–Trinajstić information content (AvgIpc) is 3.11. The maximum absolute atomic E-state index is 12.4. The van der Waals surface area contributed by atoms with Crippen molar-refractivity contribution >= 4 is 12.1 Å². The van der Waals surface area contributed by atoms with Crippen molar-refractivity contribution in [1.29, 1.82) is 0 Å². The van der Waals surface area contributed by atoms with Crippen molar-refractivity contribution < 1.29 is 32.5 Å². The number of fused-ring (bicyclic) bond motifs is 1. The molecule has 142 valence electrons. The zero-order valence-corrected chi connectivity index (χ0v) is 14.3. The summed E-state index contributed by atoms with van der Waals surface area (Å²) in [5, 5.41) is 3.86. The molecule has 2 aromatic rings. The fourth-order valence-electron chi connectivity index (χ4n) is 2.33. The SMILES string of the molecule is CCOc1cc(/C=N\NC(=O)c2ccc3c(c2)OCO3)ccc1OC(F)F. The third-order valence-corrected chi connectivity index (χ3v) is 3.50. The lowest BCUT2D eigenvalue weighted by Gasteiger charge is -2.11. The zero-order chi connectivity index (χ0) is 19.2. The van der Waals surface area contributed by atoms with Crippen LogP contribution < -0.4 is 24.4 Å². The van der Waals surface area contributed by atoms with Gasteiger partial charge in [-0.1, -0.05) is 0 Å². The summed E-state index contributed by atoms with van der Waals surface area (Å²) in [6, 6.07) is 9.11. The normalized spacial score (nSPS) is 12.4. The first kappa shape index (κ1) is 18.4. The number of ether oxygens (including phenoxy) is 4. The minimum atomic E-state index is -2.95. The van der Waals surface area contributed by atoms with E-state index in [1.54, 1.807) is 25.1 Å². The lowest BCUT2D eigenvalue weighted by Crippen LogP contribution is -2.17. The summed E-state index contributed by atoms with van der Waals surface area (Å²) in [5.41, 5.74) is 3.27. The van der Waals surface area contributed by atoms with Gasteiger partial charge in [-0.3, -0.25) is 4.79 Å². The number of amides is 1. The molecule has 7 nitrogen and oxygen atoms in total. The second kappa shape index (κ2) is 8.35. The van der Waals surface area contributed by atoms with Crippen molar-refractivity contribution in [2.45, 2.75) is 13.5 Å². The van der Waals surface area contributed by atoms with Gasteiger partial charge < -0.3 is 18.9 Å². The van der Waals surface area contributed by atoms with Crippen molar-refractivity contribution in [1.82, 2.24) is 5.43 Å². The maximum Gasteiger partial charge on any atom is 0.387 e. The molecule has 1 heterocycles. The fourth-order valence-corrected chi connectivity index (χ4v) is 2.33. The van der Waals surface area contributed by atoms with E-state index in [4.69, 9.17) is 14.2 Å². The number of hydrogen-bond acceptors (Lipinski definition) is 6. The molecule has 1 aliphatic rings. The molecule has 3 rings (SSSR count). The van der Waals surface area contributed by atoms with Crippen LogP contribution in [-0.2, 0) is 0 Å². The van der Waals surface area contributed by atoms with Crippen LogP contribution in [0.4, 0.5) is 8.78 Å². The lowest BCUT2D eigenvalue weighted by molar-refractivity contribution is -0.0514. The minimum absolute atomic E-state index is 0.0756. The molecular weight excluding hydrogens is 362 g/mol. The van der Waals surface area contributed by atoms with E-state index in [1.807, 2.05) is 0 Å². The molecule has 0 atom stereocenters. The van der Waals surface area contributed by atoms with E-state index in [-0.39, 0.29) is 24.9 Å². The van der Waals surface area contributed by atoms with Gasteiger partial charge >= 0.3 is 6.61 Å². The minimum Gasteiger partial charge on any atom is -0.490 e. The van der Waals surface area contributed by atoms with Crippen LogP contribution in [0, 0.1) is 0 Å². The van der Waals surface area contributed by atoms with Crippen molar-refractivity contribution in [3.8, 4) is 23.0 Å². The van der Waals surface area contributed by atoms with Gasteiger partial charge in [-0.15, -0.1) is 0 Å². The number of benzene rings is 2. The largest absolute Gasteiger partial charge is 0.490 e. The zero-order valence-electron chi connectivity index (χ0n) is 14.3. The average molecular weight is 378 g/mol. The summed E-state index contributed by atoms with van der Waals surface area (Å²) in [7, 11) is 0. The van der Waals surface area contributed by atoms with Gasteiger partial charge in [0.1, 0.15) is 0 Å². The molecule has 0 fully saturated rings. The molecule has 27 heavy (non-hydrogen) atoms. The van der Waals surface area contributed by atoms with Gasteiger partial charge in [-0.2, -0.15) is 13.9 Å². The Kier molecular flexibility index (Phi) is 5.70. The Labute approximate surface area is 153 Å². The van der Waals surface area contributed by atoms with Crippen LogP contribution in [0.1, 0.15) is 22.8 Å². The summed E-state index contributed by atoms with van der Waals surface area (Å²) in [6.45, 7) is -0.837. The van der Waals surface area contributed by atoms with Crippen molar-refractivity contribution in [2.24, 2.45) is 5.10 Å². The molecule has 1 aliphatic heterocycles. The third-order valence-electron chi connectivity index (χ3n) is 3.50. The second-order valence-corrected chi connectivity index (χ2v) is 5.28. The second-order valence-electron chi connectivity index (χ2n) is 5.28. The van der Waals surface area contributed by atoms with Crippen LogP contribution in [0.15, 0.2) is 41.5 Å². The fraction of sp³-hybridized carbons (Fsp3) is 0.222. The van der Waals surface area contributed by atoms with Crippen LogP contribution >= 0.6 is 0 Å². The van der Waals surface area contributed by atoms with Crippen LogP contribution in [-0.4, -0.2) is 32.1 Å². The Balaban J connectivity index is 1.66. The van der Waals surface area contributed by atoms with E-state index in [0.29, 0.717) is 22.6 Å². The van der Waals surface area contributed by atoms with Crippen LogP contribution in [0.5, 0.6) is 23.0 Å². The summed E-state index contributed by atoms with van der Waals surface area (Å²) >= 11 is 0. The number of carbonyl (C=O) groups excluding carboxylic acids is 1. The highest BCUT2D eigenvalue weighted by atomic mass is 19.3. The number of alkyl halides is 2. The van der Waals surface area contributed by atoms with E-state index in [2.05, 4.69) is 15.3 Å². The van der Waals surface area contributed by atoms with Crippen LogP contribution in [0.25, 0.3) is 0 Å². The quantitative estimate of drug-likeness (QED) is 0.591. The van der Waals surface area contributed by atoms with E-state index >= 15 is 0 Å². The summed E-state index contributed by atoms with van der Waals surface area (Å²) in [6.07, 6.45) is 1.36. The molecule has 0 saturated heterocycles. The Hall–Kier alpha value is -3.36. The molecule has 2 aromatic carbocycles. The number of hydrazone groups is 1. The van der Waals surface area contributed by atoms with E-state index in [0.717, 1.165) is 0 Å². The van der Waals surface area contributed by atoms with Gasteiger partial charge in [-0.25, -0.2) is 5.43 Å². The van der Waals surface area contributed by atoms with Crippen molar-refractivity contribution in [3.05, 3.63) is 47.5 Å². The molecule has 0 bridgehead atoms. The molecule has 1 N–H and O–H groups in total. The molecule has 9 heteroatoms. The molecule has 0 aromatic heterocycles. The number of nitrogens with zero attached hydrogens (tertiary/aromatic N) is 1. The molecule has 0 aliphatic carbocycles. The highest BCUT2D eigenvalue weighted by Gasteiger charge is 2.16. The van der Waals surface area contributed by atoms with E-state index < -0.39 is 12.5 Å². The van der Waals surface area contributed by atoms with E-state index in [9.17, 15) is 13.6 Å². The Morgan fingerprint density at radius 1 is 1.22 bits per heavy atom. The molecule has 0 unspecified atom stereocenters. The first-order chi connectivity index (χ1) is 13.1. The monoisotopic (exact) mass is 378 g/mol. The lowest BCUT2D eigenvalue weighted by atomic mass is 10.2. The van der Waals surface area contributed by atoms with Crippen LogP contribution in [0.2, 0.25) is 0 Å². The predicted octanol–water partition coefficient (Wildman–Crippen LogP) is 3.18. The van der Waals surface area contributed by atoms with Gasteiger partial charge in [0.15, 0.2) is 23.0 Å². The van der Waals surface area contributed by atoms with Gasteiger partial charge in [0.05, 0.1) is 12.8 Å². The Morgan fingerprint density at radius 3 is 2.81 bits per heavy atom. The number of rotatable bonds is 7. The Bertz CT molecular complexity index is 858. The first-order valence-electron chi connectivity index (χ1n) is 8.01. The standard InChI is InChI=1S/C18H16F2N2O5/c1-2-24-15-7-11(3-5-14(15)27-18(19)20)9-21-22-17(23)12-4-6-13-16(8-12)26-10-25-13/h3-9,18H,2,10H2,1H3,(H,22,23)/b21-9-. The summed E-state index contributed by atoms with van der Waals surface area (Å²) < 4.78 is 44.9. The molecule has 0 spiro atoms. The molecule has 0 radical (unpaired) electrons. The predicted molar refractivity (Wildman–Crippen MR) is 91.9 cm³/mol. The number of nitrogens with one attached hydrogen (secondary N) is 1. The maximum atomic E-state index is 12.4. The van der Waals surface area contributed by atoms with E-state index in [1.165, 1.54) is 24.4 Å².